The van der Waals surface area contributed by atoms with E-state index in [1.165, 1.54) is 0 Å². The summed E-state index contributed by atoms with van der Waals surface area (Å²) in [6.07, 6.45) is 5.49. The van der Waals surface area contributed by atoms with Gasteiger partial charge in [0, 0.05) is 30.2 Å². The fraction of sp³-hybridized carbons (Fsp3) is 0.208. The third-order valence-corrected chi connectivity index (χ3v) is 5.80. The van der Waals surface area contributed by atoms with Gasteiger partial charge < -0.3 is 15.0 Å². The fourth-order valence-electron chi connectivity index (χ4n) is 3.91. The van der Waals surface area contributed by atoms with Crippen molar-refractivity contribution >= 4 is 39.6 Å². The molecule has 5 rings (SSSR count). The minimum Gasteiger partial charge on any atom is -0.378 e. The van der Waals surface area contributed by atoms with Gasteiger partial charge in [0.05, 0.1) is 64.6 Å². The predicted molar refractivity (Wildman–Crippen MR) is 125 cm³/mol. The number of morpholine rings is 1. The summed E-state index contributed by atoms with van der Waals surface area (Å²) in [5.41, 5.74) is 6.33. The molecule has 4 aromatic rings. The number of hydrogen-bond acceptors (Lipinski definition) is 6. The molecule has 0 spiro atoms. The van der Waals surface area contributed by atoms with E-state index >= 15 is 0 Å². The minimum atomic E-state index is 0.653. The molecule has 0 unspecified atom stereocenters. The van der Waals surface area contributed by atoms with Gasteiger partial charge in [-0.15, -0.1) is 0 Å². The van der Waals surface area contributed by atoms with Gasteiger partial charge in [-0.3, -0.25) is 9.97 Å². The Morgan fingerprint density at radius 3 is 2.74 bits per heavy atom. The number of rotatable bonds is 4. The summed E-state index contributed by atoms with van der Waals surface area (Å²) in [4.78, 5) is 16.1. The molecule has 4 heterocycles. The number of ether oxygens (including phenoxy) is 1. The summed E-state index contributed by atoms with van der Waals surface area (Å²) in [5.74, 6) is 0. The lowest BCUT2D eigenvalue weighted by atomic mass is 10.0. The highest BCUT2D eigenvalue weighted by molar-refractivity contribution is 6.36. The van der Waals surface area contributed by atoms with Crippen LogP contribution in [-0.4, -0.2) is 41.3 Å². The number of nitrogens with one attached hydrogen (secondary N) is 1. The smallest absolute Gasteiger partial charge is 0.0943 e. The molecular formula is C24H22ClN5O. The molecule has 0 saturated carbocycles. The molecule has 1 aliphatic rings. The third kappa shape index (κ3) is 3.92. The number of benzene rings is 1. The Kier molecular flexibility index (Phi) is 5.40. The van der Waals surface area contributed by atoms with Gasteiger partial charge in [0.25, 0.3) is 0 Å². The van der Waals surface area contributed by atoms with Crippen molar-refractivity contribution in [3.63, 3.8) is 0 Å². The zero-order valence-electron chi connectivity index (χ0n) is 17.2. The Bertz CT molecular complexity index is 1230. The predicted octanol–water partition coefficient (Wildman–Crippen LogP) is 5.23. The number of fused-ring (bicyclic) bond motifs is 1. The molecule has 6 nitrogen and oxygen atoms in total. The van der Waals surface area contributed by atoms with Crippen LogP contribution in [0.1, 0.15) is 5.56 Å². The lowest BCUT2D eigenvalue weighted by Crippen LogP contribution is -2.36. The van der Waals surface area contributed by atoms with Gasteiger partial charge in [0.2, 0.25) is 0 Å². The first kappa shape index (κ1) is 19.7. The summed E-state index contributed by atoms with van der Waals surface area (Å²) in [6.45, 7) is 5.22. The van der Waals surface area contributed by atoms with E-state index in [1.54, 1.807) is 6.20 Å². The molecule has 0 amide bonds. The second kappa shape index (κ2) is 8.49. The van der Waals surface area contributed by atoms with E-state index in [9.17, 15) is 0 Å². The lowest BCUT2D eigenvalue weighted by molar-refractivity contribution is 0.122. The van der Waals surface area contributed by atoms with Crippen LogP contribution in [0.2, 0.25) is 5.02 Å². The molecule has 156 valence electrons. The van der Waals surface area contributed by atoms with Crippen molar-refractivity contribution in [1.82, 2.24) is 15.0 Å². The Morgan fingerprint density at radius 1 is 1.06 bits per heavy atom. The standard InChI is InChI=1S/C24H22ClN5O/c1-16-23(21-6-2-3-8-27-21)29-20-7-4-5-19(25)22(20)24(16)28-17-13-18(15-26-14-17)30-9-11-31-12-10-30/h2-8,13-15H,9-12H2,1H3,(H,28,29). The first-order valence-corrected chi connectivity index (χ1v) is 10.6. The molecule has 0 aliphatic carbocycles. The Morgan fingerprint density at radius 2 is 1.94 bits per heavy atom. The van der Waals surface area contributed by atoms with Gasteiger partial charge in [-0.25, -0.2) is 4.98 Å². The highest BCUT2D eigenvalue weighted by atomic mass is 35.5. The first-order valence-electron chi connectivity index (χ1n) is 10.3. The van der Waals surface area contributed by atoms with E-state index < -0.39 is 0 Å². The highest BCUT2D eigenvalue weighted by Gasteiger charge is 2.17. The normalized spacial score (nSPS) is 14.1. The van der Waals surface area contributed by atoms with E-state index in [2.05, 4.69) is 26.3 Å². The average Bonchev–Trinajstić information content (AvgIpc) is 2.82. The van der Waals surface area contributed by atoms with Crippen molar-refractivity contribution in [2.75, 3.05) is 36.5 Å². The van der Waals surface area contributed by atoms with E-state index in [4.69, 9.17) is 21.3 Å². The van der Waals surface area contributed by atoms with Crippen molar-refractivity contribution in [3.05, 3.63) is 71.6 Å². The van der Waals surface area contributed by atoms with Crippen LogP contribution >= 0.6 is 11.6 Å². The number of nitrogens with zero attached hydrogens (tertiary/aromatic N) is 4. The molecule has 0 atom stereocenters. The molecule has 1 aromatic carbocycles. The minimum absolute atomic E-state index is 0.653. The van der Waals surface area contributed by atoms with Crippen LogP contribution < -0.4 is 10.2 Å². The number of pyridine rings is 3. The van der Waals surface area contributed by atoms with Crippen LogP contribution in [0.4, 0.5) is 17.1 Å². The number of anilines is 3. The van der Waals surface area contributed by atoms with Crippen LogP contribution in [0.3, 0.4) is 0 Å². The Balaban J connectivity index is 1.62. The molecule has 31 heavy (non-hydrogen) atoms. The second-order valence-corrected chi connectivity index (χ2v) is 7.87. The summed E-state index contributed by atoms with van der Waals surface area (Å²) in [7, 11) is 0. The molecule has 1 N–H and O–H groups in total. The van der Waals surface area contributed by atoms with E-state index in [0.717, 1.165) is 71.2 Å². The van der Waals surface area contributed by atoms with Crippen molar-refractivity contribution in [2.45, 2.75) is 6.92 Å². The third-order valence-electron chi connectivity index (χ3n) is 5.48. The summed E-state index contributed by atoms with van der Waals surface area (Å²) >= 11 is 6.62. The molecular weight excluding hydrogens is 410 g/mol. The molecule has 7 heteroatoms. The molecule has 3 aromatic heterocycles. The summed E-state index contributed by atoms with van der Waals surface area (Å²) < 4.78 is 5.47. The van der Waals surface area contributed by atoms with Crippen LogP contribution in [0.5, 0.6) is 0 Å². The van der Waals surface area contributed by atoms with Crippen molar-refractivity contribution in [2.24, 2.45) is 0 Å². The number of halogens is 1. The van der Waals surface area contributed by atoms with Gasteiger partial charge in [-0.2, -0.15) is 0 Å². The van der Waals surface area contributed by atoms with Crippen molar-refractivity contribution < 1.29 is 4.74 Å². The van der Waals surface area contributed by atoms with E-state index in [1.807, 2.05) is 55.7 Å². The topological polar surface area (TPSA) is 63.2 Å². The van der Waals surface area contributed by atoms with Crippen LogP contribution in [0.15, 0.2) is 61.1 Å². The van der Waals surface area contributed by atoms with Crippen LogP contribution in [0, 0.1) is 6.92 Å². The zero-order valence-corrected chi connectivity index (χ0v) is 17.9. The number of aromatic nitrogens is 3. The van der Waals surface area contributed by atoms with Gasteiger partial charge >= 0.3 is 0 Å². The zero-order chi connectivity index (χ0) is 21.2. The second-order valence-electron chi connectivity index (χ2n) is 7.47. The van der Waals surface area contributed by atoms with Gasteiger partial charge in [-0.05, 0) is 37.3 Å². The van der Waals surface area contributed by atoms with Gasteiger partial charge in [0.15, 0.2) is 0 Å². The molecule has 1 saturated heterocycles. The van der Waals surface area contributed by atoms with Crippen LogP contribution in [0.25, 0.3) is 22.3 Å². The van der Waals surface area contributed by atoms with E-state index in [0.29, 0.717) is 5.02 Å². The Hall–Kier alpha value is -3.22. The van der Waals surface area contributed by atoms with Crippen LogP contribution in [-0.2, 0) is 4.74 Å². The molecule has 1 aliphatic heterocycles. The van der Waals surface area contributed by atoms with Gasteiger partial charge in [-0.1, -0.05) is 23.7 Å². The Labute approximate surface area is 185 Å². The lowest BCUT2D eigenvalue weighted by Gasteiger charge is -2.28. The number of hydrogen-bond donors (Lipinski definition) is 1. The van der Waals surface area contributed by atoms with Crippen molar-refractivity contribution in [1.29, 1.82) is 0 Å². The first-order chi connectivity index (χ1) is 15.2. The largest absolute Gasteiger partial charge is 0.378 e. The monoisotopic (exact) mass is 431 g/mol. The molecule has 0 radical (unpaired) electrons. The summed E-state index contributed by atoms with van der Waals surface area (Å²) in [5, 5.41) is 5.11. The maximum Gasteiger partial charge on any atom is 0.0943 e. The SMILES string of the molecule is Cc1c(-c2ccccn2)nc2cccc(Cl)c2c1Nc1cncc(N2CCOCC2)c1. The fourth-order valence-corrected chi connectivity index (χ4v) is 4.17. The maximum atomic E-state index is 6.62. The quantitative estimate of drug-likeness (QED) is 0.477. The van der Waals surface area contributed by atoms with E-state index in [-0.39, 0.29) is 0 Å². The molecule has 0 bridgehead atoms. The molecule has 1 fully saturated rings. The maximum absolute atomic E-state index is 6.62. The average molecular weight is 432 g/mol. The summed E-state index contributed by atoms with van der Waals surface area (Å²) in [6, 6.07) is 13.7. The van der Waals surface area contributed by atoms with Gasteiger partial charge in [0.1, 0.15) is 0 Å². The van der Waals surface area contributed by atoms with Crippen molar-refractivity contribution in [3.8, 4) is 11.4 Å². The highest BCUT2D eigenvalue weighted by Crippen LogP contribution is 2.38.